The van der Waals surface area contributed by atoms with Crippen LogP contribution in [0.3, 0.4) is 0 Å². The monoisotopic (exact) mass is 400 g/mol. The molecule has 1 aliphatic rings. The average Bonchev–Trinajstić information content (AvgIpc) is 3.39. The van der Waals surface area contributed by atoms with Gasteiger partial charge in [0.15, 0.2) is 0 Å². The molecule has 1 saturated heterocycles. The highest BCUT2D eigenvalue weighted by atomic mass is 19.1. The number of halogens is 1. The standard InChI is InChI=1S/C20H25FN6O2/c1-20(2,3)27-10-13(9-24-27)14-6-15-18(26(4)11-23-15)19(25-14)29-16(7-21)12-5-17(28)22-8-12/h6,9-12,16H,5,7-8H2,1-4H3,(H,22,28)/t12-,16?/m1/s1. The molecule has 1 aliphatic heterocycles. The Labute approximate surface area is 168 Å². The molecule has 4 heterocycles. The summed E-state index contributed by atoms with van der Waals surface area (Å²) >= 11 is 0. The van der Waals surface area contributed by atoms with E-state index in [1.54, 1.807) is 17.1 Å². The van der Waals surface area contributed by atoms with Crippen LogP contribution in [0.1, 0.15) is 27.2 Å². The van der Waals surface area contributed by atoms with E-state index < -0.39 is 12.8 Å². The molecule has 1 amide bonds. The summed E-state index contributed by atoms with van der Waals surface area (Å²) in [4.78, 5) is 20.6. The number of nitrogens with one attached hydrogen (secondary N) is 1. The van der Waals surface area contributed by atoms with Crippen molar-refractivity contribution in [1.29, 1.82) is 0 Å². The number of hydrogen-bond acceptors (Lipinski definition) is 5. The van der Waals surface area contributed by atoms with Gasteiger partial charge in [0.05, 0.1) is 29.3 Å². The SMILES string of the molecule is Cn1cnc2cc(-c3cnn(C(C)(C)C)c3)nc(OC(CF)[C@H]3CNC(=O)C3)c21. The van der Waals surface area contributed by atoms with E-state index in [-0.39, 0.29) is 23.8 Å². The van der Waals surface area contributed by atoms with E-state index in [2.05, 4.69) is 41.2 Å². The molecule has 0 spiro atoms. The number of fused-ring (bicyclic) bond motifs is 1. The van der Waals surface area contributed by atoms with E-state index >= 15 is 0 Å². The number of nitrogens with zero attached hydrogens (tertiary/aromatic N) is 5. The van der Waals surface area contributed by atoms with Crippen LogP contribution >= 0.6 is 0 Å². The van der Waals surface area contributed by atoms with Gasteiger partial charge >= 0.3 is 0 Å². The molecule has 8 nitrogen and oxygen atoms in total. The Hall–Kier alpha value is -2.97. The van der Waals surface area contributed by atoms with Crippen molar-refractivity contribution in [3.05, 3.63) is 24.8 Å². The summed E-state index contributed by atoms with van der Waals surface area (Å²) in [5.74, 6) is -0.00748. The van der Waals surface area contributed by atoms with Gasteiger partial charge in [-0.2, -0.15) is 5.10 Å². The maximum absolute atomic E-state index is 13.8. The number of amides is 1. The van der Waals surface area contributed by atoms with Crippen LogP contribution in [0.25, 0.3) is 22.3 Å². The Morgan fingerprint density at radius 3 is 2.83 bits per heavy atom. The molecule has 0 bridgehead atoms. The minimum Gasteiger partial charge on any atom is -0.470 e. The van der Waals surface area contributed by atoms with Crippen LogP contribution < -0.4 is 10.1 Å². The third-order valence-corrected chi connectivity index (χ3v) is 5.18. The van der Waals surface area contributed by atoms with Crippen molar-refractivity contribution in [2.75, 3.05) is 13.2 Å². The Kier molecular flexibility index (Phi) is 4.76. The number of aryl methyl sites for hydroxylation is 1. The first-order chi connectivity index (χ1) is 13.8. The molecule has 1 fully saturated rings. The van der Waals surface area contributed by atoms with Crippen molar-refractivity contribution in [3.8, 4) is 17.1 Å². The van der Waals surface area contributed by atoms with Gasteiger partial charge in [0.1, 0.15) is 18.3 Å². The number of alkyl halides is 1. The molecular formula is C20H25FN6O2. The third kappa shape index (κ3) is 3.68. The van der Waals surface area contributed by atoms with Crippen molar-refractivity contribution < 1.29 is 13.9 Å². The minimum atomic E-state index is -0.757. The lowest BCUT2D eigenvalue weighted by atomic mass is 10.0. The highest BCUT2D eigenvalue weighted by Crippen LogP contribution is 2.31. The zero-order valence-electron chi connectivity index (χ0n) is 17.0. The average molecular weight is 400 g/mol. The lowest BCUT2D eigenvalue weighted by Crippen LogP contribution is -2.31. The topological polar surface area (TPSA) is 86.9 Å². The van der Waals surface area contributed by atoms with Crippen LogP contribution in [0.4, 0.5) is 4.39 Å². The second-order valence-corrected chi connectivity index (χ2v) is 8.46. The van der Waals surface area contributed by atoms with Gasteiger partial charge in [-0.05, 0) is 26.8 Å². The second kappa shape index (κ2) is 7.13. The molecule has 4 rings (SSSR count). The number of rotatable bonds is 5. The maximum Gasteiger partial charge on any atom is 0.241 e. The quantitative estimate of drug-likeness (QED) is 0.711. The van der Waals surface area contributed by atoms with Gasteiger partial charge in [0, 0.05) is 37.7 Å². The Morgan fingerprint density at radius 2 is 2.21 bits per heavy atom. The molecular weight excluding hydrogens is 375 g/mol. The number of carbonyl (C=O) groups excluding carboxylic acids is 1. The van der Waals surface area contributed by atoms with Crippen molar-refractivity contribution >= 4 is 16.9 Å². The Morgan fingerprint density at radius 1 is 1.41 bits per heavy atom. The first-order valence-corrected chi connectivity index (χ1v) is 9.63. The van der Waals surface area contributed by atoms with Crippen molar-refractivity contribution in [2.24, 2.45) is 13.0 Å². The summed E-state index contributed by atoms with van der Waals surface area (Å²) in [5.41, 5.74) is 2.71. The Balaban J connectivity index is 1.73. The highest BCUT2D eigenvalue weighted by Gasteiger charge is 2.32. The largest absolute Gasteiger partial charge is 0.470 e. The lowest BCUT2D eigenvalue weighted by Gasteiger charge is -2.21. The van der Waals surface area contributed by atoms with E-state index in [9.17, 15) is 9.18 Å². The molecule has 29 heavy (non-hydrogen) atoms. The van der Waals surface area contributed by atoms with E-state index in [1.165, 1.54) is 0 Å². The van der Waals surface area contributed by atoms with E-state index in [1.807, 2.05) is 24.0 Å². The number of pyridine rings is 1. The number of ether oxygens (including phenoxy) is 1. The molecule has 3 aromatic heterocycles. The Bertz CT molecular complexity index is 1050. The summed E-state index contributed by atoms with van der Waals surface area (Å²) in [7, 11) is 1.84. The van der Waals surface area contributed by atoms with Crippen LogP contribution in [-0.4, -0.2) is 49.5 Å². The van der Waals surface area contributed by atoms with Crippen molar-refractivity contribution in [2.45, 2.75) is 38.8 Å². The van der Waals surface area contributed by atoms with Crippen LogP contribution in [0.5, 0.6) is 5.88 Å². The van der Waals surface area contributed by atoms with E-state index in [0.717, 1.165) is 5.56 Å². The normalized spacial score (nSPS) is 18.2. The zero-order chi connectivity index (χ0) is 20.8. The van der Waals surface area contributed by atoms with Crippen LogP contribution in [0.2, 0.25) is 0 Å². The van der Waals surface area contributed by atoms with Gasteiger partial charge < -0.3 is 14.6 Å². The fourth-order valence-electron chi connectivity index (χ4n) is 3.48. The predicted molar refractivity (Wildman–Crippen MR) is 106 cm³/mol. The fourth-order valence-corrected chi connectivity index (χ4v) is 3.48. The van der Waals surface area contributed by atoms with Crippen LogP contribution in [-0.2, 0) is 17.4 Å². The molecule has 0 aliphatic carbocycles. The first-order valence-electron chi connectivity index (χ1n) is 9.63. The summed E-state index contributed by atoms with van der Waals surface area (Å²) in [6, 6.07) is 1.87. The highest BCUT2D eigenvalue weighted by molar-refractivity contribution is 5.84. The minimum absolute atomic E-state index is 0.0842. The predicted octanol–water partition coefficient (Wildman–Crippen LogP) is 2.44. The third-order valence-electron chi connectivity index (χ3n) is 5.18. The van der Waals surface area contributed by atoms with E-state index in [4.69, 9.17) is 4.74 Å². The number of imidazole rings is 1. The maximum atomic E-state index is 13.8. The van der Waals surface area contributed by atoms with Gasteiger partial charge in [-0.1, -0.05) is 0 Å². The van der Waals surface area contributed by atoms with Gasteiger partial charge in [0.25, 0.3) is 0 Å². The molecule has 0 aromatic carbocycles. The van der Waals surface area contributed by atoms with Gasteiger partial charge in [-0.25, -0.2) is 14.4 Å². The van der Waals surface area contributed by atoms with Gasteiger partial charge in [0.2, 0.25) is 11.8 Å². The summed E-state index contributed by atoms with van der Waals surface area (Å²) in [5, 5.41) is 7.16. The van der Waals surface area contributed by atoms with Gasteiger partial charge in [-0.3, -0.25) is 9.48 Å². The summed E-state index contributed by atoms with van der Waals surface area (Å²) in [6.07, 6.45) is 4.84. The van der Waals surface area contributed by atoms with E-state index in [0.29, 0.717) is 29.2 Å². The molecule has 2 atom stereocenters. The number of carbonyl (C=O) groups is 1. The van der Waals surface area contributed by atoms with Crippen molar-refractivity contribution in [1.82, 2.24) is 29.6 Å². The molecule has 0 radical (unpaired) electrons. The smallest absolute Gasteiger partial charge is 0.241 e. The summed E-state index contributed by atoms with van der Waals surface area (Å²) in [6.45, 7) is 5.90. The lowest BCUT2D eigenvalue weighted by molar-refractivity contribution is -0.119. The molecule has 3 aromatic rings. The van der Waals surface area contributed by atoms with Gasteiger partial charge in [-0.15, -0.1) is 0 Å². The number of hydrogen-bond donors (Lipinski definition) is 1. The van der Waals surface area contributed by atoms with Crippen LogP contribution in [0, 0.1) is 5.92 Å². The summed E-state index contributed by atoms with van der Waals surface area (Å²) < 4.78 is 23.5. The van der Waals surface area contributed by atoms with Crippen LogP contribution in [0.15, 0.2) is 24.8 Å². The fraction of sp³-hybridized carbons (Fsp3) is 0.500. The molecule has 9 heteroatoms. The molecule has 0 saturated carbocycles. The van der Waals surface area contributed by atoms with Crippen molar-refractivity contribution in [3.63, 3.8) is 0 Å². The second-order valence-electron chi connectivity index (χ2n) is 8.46. The first kappa shape index (κ1) is 19.4. The molecule has 1 N–H and O–H groups in total. The number of aromatic nitrogens is 5. The zero-order valence-corrected chi connectivity index (χ0v) is 17.0. The molecule has 154 valence electrons. The molecule has 1 unspecified atom stereocenters.